The summed E-state index contributed by atoms with van der Waals surface area (Å²) < 4.78 is 0.745. The number of aliphatic hydroxyl groups excluding tert-OH is 1. The van der Waals surface area contributed by atoms with Crippen molar-refractivity contribution in [1.29, 1.82) is 0 Å². The van der Waals surface area contributed by atoms with E-state index in [-0.39, 0.29) is 12.4 Å². The monoisotopic (exact) mass is 421 g/mol. The molecule has 30 heavy (non-hydrogen) atoms. The van der Waals surface area contributed by atoms with Crippen molar-refractivity contribution in [1.82, 2.24) is 0 Å². The molecule has 0 aliphatic carbocycles. The molecule has 1 N–H and O–H groups in total. The number of rotatable bonds is 20. The third-order valence-electron chi connectivity index (χ3n) is 7.10. The lowest BCUT2D eigenvalue weighted by molar-refractivity contribution is -0.976. The molecule has 3 unspecified atom stereocenters. The van der Waals surface area contributed by atoms with Crippen molar-refractivity contribution in [3.8, 4) is 0 Å². The standard InChI is InChI=1S/C27H53N2O/c1-4-6-7-8-9-10-11-12-13-14-15-16-17-18-19-20-21-22-23-27-28-24-25-29(27,5-2)26(3)30/h10-11,24,26-27,30H,4-9,12-23,25H2,1-3H3/q+1/b11-10+. The lowest BCUT2D eigenvalue weighted by Crippen LogP contribution is -2.57. The molecule has 1 rings (SSSR count). The highest BCUT2D eigenvalue weighted by Gasteiger charge is 2.41. The van der Waals surface area contributed by atoms with Gasteiger partial charge in [-0.3, -0.25) is 4.48 Å². The van der Waals surface area contributed by atoms with Gasteiger partial charge in [-0.2, -0.15) is 0 Å². The fourth-order valence-electron chi connectivity index (χ4n) is 4.84. The normalized spacial score (nSPS) is 22.3. The van der Waals surface area contributed by atoms with E-state index in [9.17, 15) is 5.11 Å². The molecular weight excluding hydrogens is 368 g/mol. The highest BCUT2D eigenvalue weighted by Crippen LogP contribution is 2.26. The van der Waals surface area contributed by atoms with Crippen LogP contribution in [0.25, 0.3) is 0 Å². The number of allylic oxidation sites excluding steroid dienone is 2. The fraction of sp³-hybridized carbons (Fsp3) is 0.889. The van der Waals surface area contributed by atoms with Crippen LogP contribution in [0, 0.1) is 0 Å². The zero-order valence-electron chi connectivity index (χ0n) is 20.7. The third-order valence-corrected chi connectivity index (χ3v) is 7.10. The van der Waals surface area contributed by atoms with E-state index in [0.29, 0.717) is 0 Å². The van der Waals surface area contributed by atoms with Crippen molar-refractivity contribution in [3.05, 3.63) is 12.2 Å². The Kier molecular flexibility index (Phi) is 16.4. The summed E-state index contributed by atoms with van der Waals surface area (Å²) in [5.74, 6) is 0. The van der Waals surface area contributed by atoms with Crippen LogP contribution in [-0.2, 0) is 0 Å². The van der Waals surface area contributed by atoms with E-state index in [0.717, 1.165) is 24.0 Å². The van der Waals surface area contributed by atoms with Crippen LogP contribution in [0.15, 0.2) is 17.1 Å². The molecule has 1 heterocycles. The van der Waals surface area contributed by atoms with E-state index in [1.165, 1.54) is 103 Å². The Morgan fingerprint density at radius 2 is 1.33 bits per heavy atom. The molecule has 1 aliphatic rings. The van der Waals surface area contributed by atoms with Crippen molar-refractivity contribution in [2.45, 2.75) is 142 Å². The van der Waals surface area contributed by atoms with Crippen molar-refractivity contribution in [3.63, 3.8) is 0 Å². The molecule has 0 saturated carbocycles. The average molecular weight is 422 g/mol. The van der Waals surface area contributed by atoms with Gasteiger partial charge in [-0.25, -0.2) is 4.99 Å². The molecule has 0 amide bonds. The van der Waals surface area contributed by atoms with Crippen LogP contribution >= 0.6 is 0 Å². The van der Waals surface area contributed by atoms with Crippen LogP contribution in [0.2, 0.25) is 0 Å². The first kappa shape index (κ1) is 27.4. The summed E-state index contributed by atoms with van der Waals surface area (Å²) in [5, 5.41) is 10.2. The number of nitrogens with zero attached hydrogens (tertiary/aromatic N) is 2. The molecule has 176 valence electrons. The second kappa shape index (κ2) is 18.0. The zero-order chi connectivity index (χ0) is 21.9. The molecule has 0 aromatic carbocycles. The minimum atomic E-state index is -0.311. The van der Waals surface area contributed by atoms with E-state index in [4.69, 9.17) is 0 Å². The molecular formula is C27H53N2O+. The summed E-state index contributed by atoms with van der Waals surface area (Å²) in [6.07, 6.45) is 29.8. The van der Waals surface area contributed by atoms with Crippen LogP contribution < -0.4 is 0 Å². The lowest BCUT2D eigenvalue weighted by Gasteiger charge is -2.40. The third kappa shape index (κ3) is 11.1. The predicted molar refractivity (Wildman–Crippen MR) is 133 cm³/mol. The summed E-state index contributed by atoms with van der Waals surface area (Å²) in [6, 6.07) is 0. The smallest absolute Gasteiger partial charge is 0.189 e. The van der Waals surface area contributed by atoms with Gasteiger partial charge in [0.2, 0.25) is 0 Å². The van der Waals surface area contributed by atoms with Gasteiger partial charge in [-0.1, -0.05) is 89.7 Å². The number of hydrogen-bond donors (Lipinski definition) is 1. The highest BCUT2D eigenvalue weighted by atomic mass is 16.3. The van der Waals surface area contributed by atoms with E-state index < -0.39 is 0 Å². The largest absolute Gasteiger partial charge is 0.345 e. The van der Waals surface area contributed by atoms with Crippen LogP contribution in [0.5, 0.6) is 0 Å². The van der Waals surface area contributed by atoms with Gasteiger partial charge in [0.05, 0.1) is 12.8 Å². The summed E-state index contributed by atoms with van der Waals surface area (Å²) in [7, 11) is 0. The van der Waals surface area contributed by atoms with Crippen LogP contribution in [0.4, 0.5) is 0 Å². The lowest BCUT2D eigenvalue weighted by atomic mass is 10.0. The molecule has 1 aliphatic heterocycles. The summed E-state index contributed by atoms with van der Waals surface area (Å²) in [6.45, 7) is 8.25. The van der Waals surface area contributed by atoms with E-state index >= 15 is 0 Å². The summed E-state index contributed by atoms with van der Waals surface area (Å²) in [4.78, 5) is 4.68. The number of hydrogen-bond acceptors (Lipinski definition) is 2. The van der Waals surface area contributed by atoms with E-state index in [1.54, 1.807) is 0 Å². The Bertz CT molecular complexity index is 446. The maximum absolute atomic E-state index is 10.2. The highest BCUT2D eigenvalue weighted by molar-refractivity contribution is 5.60. The molecule has 0 aromatic heterocycles. The molecule has 0 aromatic rings. The van der Waals surface area contributed by atoms with Gasteiger partial charge >= 0.3 is 0 Å². The van der Waals surface area contributed by atoms with Crippen LogP contribution in [-0.4, -0.2) is 41.3 Å². The Hall–Kier alpha value is -0.670. The van der Waals surface area contributed by atoms with Crippen molar-refractivity contribution in [2.75, 3.05) is 13.1 Å². The predicted octanol–water partition coefficient (Wildman–Crippen LogP) is 7.78. The molecule has 0 spiro atoms. The topological polar surface area (TPSA) is 32.6 Å². The van der Waals surface area contributed by atoms with Gasteiger partial charge in [0.25, 0.3) is 0 Å². The van der Waals surface area contributed by atoms with Gasteiger partial charge in [-0.05, 0) is 39.0 Å². The second-order valence-corrected chi connectivity index (χ2v) is 9.48. The molecule has 3 heteroatoms. The first-order valence-corrected chi connectivity index (χ1v) is 13.4. The number of quaternary nitrogens is 1. The van der Waals surface area contributed by atoms with Crippen molar-refractivity contribution < 1.29 is 9.59 Å². The van der Waals surface area contributed by atoms with Crippen LogP contribution in [0.3, 0.4) is 0 Å². The number of aliphatic imine (C=N–C) groups is 1. The first-order chi connectivity index (χ1) is 14.7. The summed E-state index contributed by atoms with van der Waals surface area (Å²) >= 11 is 0. The molecule has 0 saturated heterocycles. The fourth-order valence-corrected chi connectivity index (χ4v) is 4.84. The Labute approximate surface area is 188 Å². The van der Waals surface area contributed by atoms with Gasteiger partial charge in [-0.15, -0.1) is 0 Å². The SMILES string of the molecule is CCCCCC/C=C/CCCCCCCCCCCCC1N=CC[N+]1(CC)C(C)O. The van der Waals surface area contributed by atoms with E-state index in [2.05, 4.69) is 31.0 Å². The summed E-state index contributed by atoms with van der Waals surface area (Å²) in [5.41, 5.74) is 0. The molecule has 0 fully saturated rings. The van der Waals surface area contributed by atoms with Gasteiger partial charge in [0.15, 0.2) is 12.4 Å². The maximum Gasteiger partial charge on any atom is 0.189 e. The van der Waals surface area contributed by atoms with Gasteiger partial charge in [0.1, 0.15) is 6.54 Å². The van der Waals surface area contributed by atoms with Crippen molar-refractivity contribution in [2.24, 2.45) is 4.99 Å². The Balaban J connectivity index is 1.86. The van der Waals surface area contributed by atoms with Crippen molar-refractivity contribution >= 4 is 6.21 Å². The minimum absolute atomic E-state index is 0.283. The number of aliphatic hydroxyl groups is 1. The van der Waals surface area contributed by atoms with Gasteiger partial charge in [0, 0.05) is 13.3 Å². The molecule has 0 bridgehead atoms. The zero-order valence-corrected chi connectivity index (χ0v) is 20.7. The molecule has 3 atom stereocenters. The second-order valence-electron chi connectivity index (χ2n) is 9.48. The Morgan fingerprint density at radius 1 is 0.833 bits per heavy atom. The minimum Gasteiger partial charge on any atom is -0.345 e. The molecule has 0 radical (unpaired) electrons. The van der Waals surface area contributed by atoms with E-state index in [1.807, 2.05) is 13.1 Å². The van der Waals surface area contributed by atoms with Gasteiger partial charge < -0.3 is 5.11 Å². The first-order valence-electron chi connectivity index (χ1n) is 13.4. The number of unbranched alkanes of at least 4 members (excludes halogenated alkanes) is 14. The molecule has 3 nitrogen and oxygen atoms in total. The quantitative estimate of drug-likeness (QED) is 0.121. The Morgan fingerprint density at radius 3 is 1.83 bits per heavy atom. The maximum atomic E-state index is 10.2. The average Bonchev–Trinajstić information content (AvgIpc) is 3.17. The van der Waals surface area contributed by atoms with Crippen LogP contribution in [0.1, 0.15) is 130 Å².